The molecule has 0 spiro atoms. The Morgan fingerprint density at radius 3 is 2.83 bits per heavy atom. The van der Waals surface area contributed by atoms with Crippen LogP contribution in [0, 0.1) is 0 Å². The monoisotopic (exact) mass is 265 g/mol. The van der Waals surface area contributed by atoms with Gasteiger partial charge in [0, 0.05) is 11.3 Å². The largest absolute Gasteiger partial charge is 0.460 e. The van der Waals surface area contributed by atoms with Gasteiger partial charge in [0.25, 0.3) is 0 Å². The van der Waals surface area contributed by atoms with E-state index in [-0.39, 0.29) is 5.76 Å². The highest BCUT2D eigenvalue weighted by molar-refractivity contribution is 6.33. The smallest absolute Gasteiger partial charge is 0.374 e. The Bertz CT molecular complexity index is 577. The van der Waals surface area contributed by atoms with E-state index in [1.54, 1.807) is 37.3 Å². The number of anilines is 1. The number of nitrogens with two attached hydrogens (primary N) is 1. The second-order valence-corrected chi connectivity index (χ2v) is 4.03. The van der Waals surface area contributed by atoms with Gasteiger partial charge in [-0.05, 0) is 37.3 Å². The first-order valence-electron chi connectivity index (χ1n) is 5.44. The fourth-order valence-corrected chi connectivity index (χ4v) is 1.81. The first-order valence-corrected chi connectivity index (χ1v) is 5.82. The molecular formula is C13H12ClNO3. The molecule has 1 heterocycles. The van der Waals surface area contributed by atoms with Gasteiger partial charge in [0.1, 0.15) is 5.76 Å². The second kappa shape index (κ2) is 5.14. The minimum atomic E-state index is -0.490. The molecule has 18 heavy (non-hydrogen) atoms. The highest BCUT2D eigenvalue weighted by atomic mass is 35.5. The number of nitrogen functional groups attached to an aromatic ring is 1. The summed E-state index contributed by atoms with van der Waals surface area (Å²) in [5, 5.41) is 0.472. The van der Waals surface area contributed by atoms with Crippen LogP contribution in [0.5, 0.6) is 0 Å². The maximum atomic E-state index is 11.5. The molecule has 0 saturated carbocycles. The van der Waals surface area contributed by atoms with Crippen molar-refractivity contribution in [1.29, 1.82) is 0 Å². The quantitative estimate of drug-likeness (QED) is 0.683. The number of hydrogen-bond donors (Lipinski definition) is 1. The first-order chi connectivity index (χ1) is 8.61. The molecule has 0 amide bonds. The third-order valence-corrected chi connectivity index (χ3v) is 2.65. The molecule has 0 radical (unpaired) electrons. The van der Waals surface area contributed by atoms with E-state index in [1.807, 2.05) is 0 Å². The van der Waals surface area contributed by atoms with Crippen molar-refractivity contribution >= 4 is 23.3 Å². The van der Waals surface area contributed by atoms with Gasteiger partial charge in [-0.1, -0.05) is 11.6 Å². The van der Waals surface area contributed by atoms with Gasteiger partial charge >= 0.3 is 5.97 Å². The number of carbonyl (C=O) groups is 1. The molecule has 0 aliphatic heterocycles. The average molecular weight is 266 g/mol. The summed E-state index contributed by atoms with van der Waals surface area (Å²) in [5.74, 6) is 0.165. The Morgan fingerprint density at radius 2 is 2.17 bits per heavy atom. The van der Waals surface area contributed by atoms with E-state index in [1.165, 1.54) is 0 Å². The molecule has 0 fully saturated rings. The van der Waals surface area contributed by atoms with E-state index in [4.69, 9.17) is 26.5 Å². The van der Waals surface area contributed by atoms with Crippen LogP contribution in [0.15, 0.2) is 34.7 Å². The van der Waals surface area contributed by atoms with Crippen molar-refractivity contribution in [3.63, 3.8) is 0 Å². The fourth-order valence-electron chi connectivity index (χ4n) is 1.53. The number of carbonyl (C=O) groups excluding carboxylic acids is 1. The van der Waals surface area contributed by atoms with Crippen molar-refractivity contribution in [1.82, 2.24) is 0 Å². The summed E-state index contributed by atoms with van der Waals surface area (Å²) in [6.07, 6.45) is 0. The van der Waals surface area contributed by atoms with Gasteiger partial charge in [0.2, 0.25) is 5.76 Å². The Hall–Kier alpha value is -1.94. The highest BCUT2D eigenvalue weighted by Crippen LogP contribution is 2.30. The molecule has 94 valence electrons. The summed E-state index contributed by atoms with van der Waals surface area (Å²) in [7, 11) is 0. The van der Waals surface area contributed by atoms with E-state index >= 15 is 0 Å². The van der Waals surface area contributed by atoms with Crippen molar-refractivity contribution in [2.75, 3.05) is 12.3 Å². The summed E-state index contributed by atoms with van der Waals surface area (Å²) >= 11 is 6.06. The van der Waals surface area contributed by atoms with Gasteiger partial charge < -0.3 is 14.9 Å². The van der Waals surface area contributed by atoms with Crippen LogP contribution >= 0.6 is 11.6 Å². The third kappa shape index (κ3) is 2.49. The van der Waals surface area contributed by atoms with Crippen LogP contribution in [-0.4, -0.2) is 12.6 Å². The Kier molecular flexibility index (Phi) is 3.58. The lowest BCUT2D eigenvalue weighted by Crippen LogP contribution is -2.02. The fraction of sp³-hybridized carbons (Fsp3) is 0.154. The maximum Gasteiger partial charge on any atom is 0.374 e. The molecule has 0 bridgehead atoms. The van der Waals surface area contributed by atoms with Crippen LogP contribution < -0.4 is 5.73 Å². The van der Waals surface area contributed by atoms with Crippen LogP contribution in [0.2, 0.25) is 5.02 Å². The first kappa shape index (κ1) is 12.5. The van der Waals surface area contributed by atoms with Gasteiger partial charge in [-0.25, -0.2) is 4.79 Å². The molecule has 0 atom stereocenters. The third-order valence-electron chi connectivity index (χ3n) is 2.34. The Morgan fingerprint density at radius 1 is 1.39 bits per heavy atom. The number of furan rings is 1. The standard InChI is InChI=1S/C13H12ClNO3/c1-2-17-13(16)12-6-5-11(18-12)9-4-3-8(15)7-10(9)14/h3-7H,2,15H2,1H3. The van der Waals surface area contributed by atoms with E-state index in [2.05, 4.69) is 0 Å². The molecule has 0 saturated heterocycles. The van der Waals surface area contributed by atoms with Crippen molar-refractivity contribution in [2.45, 2.75) is 6.92 Å². The predicted octanol–water partition coefficient (Wildman–Crippen LogP) is 3.36. The minimum Gasteiger partial charge on any atom is -0.460 e. The molecule has 2 N–H and O–H groups in total. The van der Waals surface area contributed by atoms with Gasteiger partial charge in [0.05, 0.1) is 11.6 Å². The van der Waals surface area contributed by atoms with Crippen molar-refractivity contribution in [3.05, 3.63) is 41.1 Å². The number of esters is 1. The summed E-state index contributed by atoms with van der Waals surface area (Å²) in [6, 6.07) is 8.31. The zero-order chi connectivity index (χ0) is 13.1. The minimum absolute atomic E-state index is 0.153. The zero-order valence-corrected chi connectivity index (χ0v) is 10.5. The SMILES string of the molecule is CCOC(=O)c1ccc(-c2ccc(N)cc2Cl)o1. The molecule has 0 aliphatic carbocycles. The molecule has 4 nitrogen and oxygen atoms in total. The highest BCUT2D eigenvalue weighted by Gasteiger charge is 2.14. The molecule has 2 aromatic rings. The molecule has 5 heteroatoms. The van der Waals surface area contributed by atoms with Crippen molar-refractivity contribution in [3.8, 4) is 11.3 Å². The summed E-state index contributed by atoms with van der Waals surface area (Å²) < 4.78 is 10.2. The number of halogens is 1. The molecule has 0 unspecified atom stereocenters. The molecule has 2 rings (SSSR count). The van der Waals surface area contributed by atoms with Crippen LogP contribution in [0.1, 0.15) is 17.5 Å². The van der Waals surface area contributed by atoms with Crippen LogP contribution in [0.4, 0.5) is 5.69 Å². The van der Waals surface area contributed by atoms with Gasteiger partial charge in [-0.3, -0.25) is 0 Å². The number of ether oxygens (including phenoxy) is 1. The number of benzene rings is 1. The number of rotatable bonds is 3. The lowest BCUT2D eigenvalue weighted by Gasteiger charge is -2.02. The van der Waals surface area contributed by atoms with Crippen molar-refractivity contribution < 1.29 is 13.9 Å². The Labute approximate surface area is 109 Å². The molecule has 0 aliphatic rings. The lowest BCUT2D eigenvalue weighted by atomic mass is 10.1. The van der Waals surface area contributed by atoms with Gasteiger partial charge in [0.15, 0.2) is 0 Å². The average Bonchev–Trinajstić information content (AvgIpc) is 2.78. The van der Waals surface area contributed by atoms with E-state index in [0.717, 1.165) is 0 Å². The summed E-state index contributed by atoms with van der Waals surface area (Å²) in [6.45, 7) is 2.04. The molecular weight excluding hydrogens is 254 g/mol. The van der Waals surface area contributed by atoms with Gasteiger partial charge in [-0.15, -0.1) is 0 Å². The lowest BCUT2D eigenvalue weighted by molar-refractivity contribution is 0.0491. The normalized spacial score (nSPS) is 10.3. The molecule has 1 aromatic carbocycles. The van der Waals surface area contributed by atoms with E-state index < -0.39 is 5.97 Å². The van der Waals surface area contributed by atoms with Crippen LogP contribution in [-0.2, 0) is 4.74 Å². The zero-order valence-electron chi connectivity index (χ0n) is 9.77. The molecule has 1 aromatic heterocycles. The van der Waals surface area contributed by atoms with Crippen LogP contribution in [0.25, 0.3) is 11.3 Å². The van der Waals surface area contributed by atoms with Crippen molar-refractivity contribution in [2.24, 2.45) is 0 Å². The summed E-state index contributed by atoms with van der Waals surface area (Å²) in [5.41, 5.74) is 6.86. The summed E-state index contributed by atoms with van der Waals surface area (Å²) in [4.78, 5) is 11.5. The predicted molar refractivity (Wildman–Crippen MR) is 69.5 cm³/mol. The van der Waals surface area contributed by atoms with E-state index in [0.29, 0.717) is 28.6 Å². The maximum absolute atomic E-state index is 11.5. The topological polar surface area (TPSA) is 65.5 Å². The van der Waals surface area contributed by atoms with Crippen LogP contribution in [0.3, 0.4) is 0 Å². The number of hydrogen-bond acceptors (Lipinski definition) is 4. The van der Waals surface area contributed by atoms with Gasteiger partial charge in [-0.2, -0.15) is 0 Å². The Balaban J connectivity index is 2.32. The van der Waals surface area contributed by atoms with E-state index in [9.17, 15) is 4.79 Å². The second-order valence-electron chi connectivity index (χ2n) is 3.62.